The number of carbonyl (C=O) groups is 2. The van der Waals surface area contributed by atoms with E-state index < -0.39 is 23.7 Å². The predicted molar refractivity (Wildman–Crippen MR) is 174 cm³/mol. The van der Waals surface area contributed by atoms with Crippen LogP contribution in [0.15, 0.2) is 121 Å². The highest BCUT2D eigenvalue weighted by molar-refractivity contribution is 6.01. The lowest BCUT2D eigenvalue weighted by atomic mass is 10.00. The molecule has 7 nitrogen and oxygen atoms in total. The van der Waals surface area contributed by atoms with E-state index in [-0.39, 0.29) is 19.4 Å². The van der Waals surface area contributed by atoms with E-state index in [1.165, 1.54) is 11.0 Å². The first-order valence-corrected chi connectivity index (χ1v) is 14.7. The second kappa shape index (κ2) is 14.6. The highest BCUT2D eigenvalue weighted by Gasteiger charge is 2.30. The Balaban J connectivity index is 1.36. The van der Waals surface area contributed by atoms with E-state index in [4.69, 9.17) is 14.6 Å². The van der Waals surface area contributed by atoms with Crippen molar-refractivity contribution in [2.75, 3.05) is 17.3 Å². The van der Waals surface area contributed by atoms with Crippen LogP contribution in [-0.4, -0.2) is 24.2 Å². The zero-order valence-electron chi connectivity index (χ0n) is 25.3. The SMILES string of the molecule is CN(C(=O)Nc1cccc(Oc2ccccc2)c1)c1cccc(-c2ccc(CCC(=O)O)cc2OCc2cccc(C(F)(F)F)c2)c1. The van der Waals surface area contributed by atoms with Crippen molar-refractivity contribution in [3.8, 4) is 28.4 Å². The molecule has 0 aliphatic carbocycles. The number of benzene rings is 5. The number of carboxylic acids is 1. The van der Waals surface area contributed by atoms with Crippen molar-refractivity contribution in [1.29, 1.82) is 0 Å². The van der Waals surface area contributed by atoms with Crippen molar-refractivity contribution < 1.29 is 37.3 Å². The Morgan fingerprint density at radius 2 is 1.53 bits per heavy atom. The number of nitrogens with one attached hydrogen (secondary N) is 1. The van der Waals surface area contributed by atoms with Crippen molar-refractivity contribution >= 4 is 23.4 Å². The number of alkyl halides is 3. The van der Waals surface area contributed by atoms with E-state index in [2.05, 4.69) is 5.32 Å². The molecule has 2 N–H and O–H groups in total. The molecular weight excluding hydrogens is 609 g/mol. The molecule has 5 aromatic rings. The Bertz CT molecular complexity index is 1860. The molecule has 0 radical (unpaired) electrons. The summed E-state index contributed by atoms with van der Waals surface area (Å²) in [4.78, 5) is 25.9. The zero-order valence-corrected chi connectivity index (χ0v) is 25.3. The van der Waals surface area contributed by atoms with Crippen molar-refractivity contribution in [2.45, 2.75) is 25.6 Å². The number of para-hydroxylation sites is 1. The summed E-state index contributed by atoms with van der Waals surface area (Å²) in [5, 5.41) is 12.0. The monoisotopic (exact) mass is 640 g/mol. The van der Waals surface area contributed by atoms with Crippen LogP contribution in [0.2, 0.25) is 0 Å². The summed E-state index contributed by atoms with van der Waals surface area (Å²) in [6.07, 6.45) is -4.34. The lowest BCUT2D eigenvalue weighted by Crippen LogP contribution is -2.31. The fourth-order valence-corrected chi connectivity index (χ4v) is 4.80. The van der Waals surface area contributed by atoms with Gasteiger partial charge in [-0.25, -0.2) is 4.79 Å². The van der Waals surface area contributed by atoms with Gasteiger partial charge in [-0.1, -0.05) is 60.7 Å². The molecule has 0 bridgehead atoms. The van der Waals surface area contributed by atoms with Gasteiger partial charge in [-0.05, 0) is 77.7 Å². The largest absolute Gasteiger partial charge is 0.488 e. The van der Waals surface area contributed by atoms with E-state index in [1.54, 1.807) is 73.8 Å². The van der Waals surface area contributed by atoms with Crippen molar-refractivity contribution in [2.24, 2.45) is 0 Å². The first-order valence-electron chi connectivity index (χ1n) is 14.7. The predicted octanol–water partition coefficient (Wildman–Crippen LogP) is 9.43. The van der Waals surface area contributed by atoms with E-state index in [0.717, 1.165) is 12.1 Å². The Hall–Kier alpha value is -5.77. The number of nitrogens with zero attached hydrogens (tertiary/aromatic N) is 1. The van der Waals surface area contributed by atoms with Crippen molar-refractivity contribution in [3.05, 3.63) is 138 Å². The summed E-state index contributed by atoms with van der Waals surface area (Å²) in [6, 6.07) is 33.2. The second-order valence-electron chi connectivity index (χ2n) is 10.7. The van der Waals surface area contributed by atoms with Crippen LogP contribution in [0.4, 0.5) is 29.3 Å². The maximum Gasteiger partial charge on any atom is 0.416 e. The number of hydrogen-bond acceptors (Lipinski definition) is 4. The van der Waals surface area contributed by atoms with Gasteiger partial charge >= 0.3 is 18.2 Å². The topological polar surface area (TPSA) is 88.1 Å². The molecule has 0 aliphatic heterocycles. The van der Waals surface area contributed by atoms with Crippen LogP contribution in [-0.2, 0) is 24.0 Å². The van der Waals surface area contributed by atoms with Gasteiger partial charge in [0.1, 0.15) is 23.9 Å². The summed E-state index contributed by atoms with van der Waals surface area (Å²) >= 11 is 0. The van der Waals surface area contributed by atoms with Gasteiger partial charge in [0.2, 0.25) is 0 Å². The smallest absolute Gasteiger partial charge is 0.416 e. The third kappa shape index (κ3) is 8.91. The van der Waals surface area contributed by atoms with Gasteiger partial charge in [0.25, 0.3) is 0 Å². The normalized spacial score (nSPS) is 11.1. The minimum absolute atomic E-state index is 0.0942. The quantitative estimate of drug-likeness (QED) is 0.150. The van der Waals surface area contributed by atoms with Gasteiger partial charge in [-0.3, -0.25) is 9.69 Å². The highest BCUT2D eigenvalue weighted by Crippen LogP contribution is 2.35. The standard InChI is InChI=1S/C37H31F3N2O5/c1-42(36(45)41-29-11-7-15-32(23-29)47-31-13-3-2-4-14-31)30-12-6-9-27(22-30)33-18-16-25(17-19-35(43)44)21-34(33)46-24-26-8-5-10-28(20-26)37(38,39)40/h2-16,18,20-23H,17,19,24H2,1H3,(H,41,45)(H,43,44). The summed E-state index contributed by atoms with van der Waals surface area (Å²) in [5.41, 5.74) is 2.65. The van der Waals surface area contributed by atoms with Gasteiger partial charge in [-0.15, -0.1) is 0 Å². The molecule has 0 atom stereocenters. The van der Waals surface area contributed by atoms with E-state index in [1.807, 2.05) is 36.4 Å². The number of carbonyl (C=O) groups excluding carboxylic acids is 1. The molecule has 0 saturated carbocycles. The second-order valence-corrected chi connectivity index (χ2v) is 10.7. The molecular formula is C37H31F3N2O5. The third-order valence-corrected chi connectivity index (χ3v) is 7.24. The first kappa shape index (κ1) is 32.6. The minimum atomic E-state index is -4.49. The highest BCUT2D eigenvalue weighted by atomic mass is 19.4. The number of halogens is 3. The van der Waals surface area contributed by atoms with Crippen LogP contribution in [0.5, 0.6) is 17.2 Å². The van der Waals surface area contributed by atoms with Crippen LogP contribution in [0.3, 0.4) is 0 Å². The van der Waals surface area contributed by atoms with Gasteiger partial charge in [-0.2, -0.15) is 13.2 Å². The summed E-state index contributed by atoms with van der Waals surface area (Å²) in [6.45, 7) is -0.144. The van der Waals surface area contributed by atoms with Crippen LogP contribution < -0.4 is 19.7 Å². The summed E-state index contributed by atoms with van der Waals surface area (Å²) in [5.74, 6) is 0.635. The van der Waals surface area contributed by atoms with Crippen LogP contribution in [0.25, 0.3) is 11.1 Å². The number of hydrogen-bond donors (Lipinski definition) is 2. The number of carboxylic acid groups (broad SMARTS) is 1. The fourth-order valence-electron chi connectivity index (χ4n) is 4.80. The van der Waals surface area contributed by atoms with E-state index in [0.29, 0.717) is 50.9 Å². The van der Waals surface area contributed by atoms with Crippen LogP contribution in [0, 0.1) is 0 Å². The fraction of sp³-hybridized carbons (Fsp3) is 0.135. The maximum absolute atomic E-state index is 13.3. The summed E-state index contributed by atoms with van der Waals surface area (Å²) in [7, 11) is 1.62. The Morgan fingerprint density at radius 3 is 2.30 bits per heavy atom. The molecule has 0 spiro atoms. The number of amides is 2. The molecule has 5 rings (SSSR count). The molecule has 47 heavy (non-hydrogen) atoms. The Labute approximate surface area is 269 Å². The zero-order chi connectivity index (χ0) is 33.4. The Morgan fingerprint density at radius 1 is 0.787 bits per heavy atom. The van der Waals surface area contributed by atoms with Crippen molar-refractivity contribution in [1.82, 2.24) is 0 Å². The number of urea groups is 1. The Kier molecular flexibility index (Phi) is 10.1. The average Bonchev–Trinajstić information content (AvgIpc) is 3.06. The first-order chi connectivity index (χ1) is 22.5. The van der Waals surface area contributed by atoms with Gasteiger partial charge < -0.3 is 19.9 Å². The maximum atomic E-state index is 13.3. The van der Waals surface area contributed by atoms with Gasteiger partial charge in [0, 0.05) is 36.5 Å². The molecule has 2 amide bonds. The third-order valence-electron chi connectivity index (χ3n) is 7.24. The number of rotatable bonds is 11. The van der Waals surface area contributed by atoms with Gasteiger partial charge in [0.15, 0.2) is 0 Å². The van der Waals surface area contributed by atoms with Crippen LogP contribution >= 0.6 is 0 Å². The molecule has 240 valence electrons. The van der Waals surface area contributed by atoms with Gasteiger partial charge in [0.05, 0.1) is 5.56 Å². The number of ether oxygens (including phenoxy) is 2. The van der Waals surface area contributed by atoms with E-state index in [9.17, 15) is 22.8 Å². The number of aliphatic carboxylic acids is 1. The molecule has 0 fully saturated rings. The molecule has 10 heteroatoms. The number of anilines is 2. The molecule has 5 aromatic carbocycles. The van der Waals surface area contributed by atoms with E-state index >= 15 is 0 Å². The summed E-state index contributed by atoms with van der Waals surface area (Å²) < 4.78 is 51.7. The average molecular weight is 641 g/mol. The minimum Gasteiger partial charge on any atom is -0.488 e. The molecule has 0 unspecified atom stereocenters. The number of aryl methyl sites for hydroxylation is 1. The van der Waals surface area contributed by atoms with Crippen molar-refractivity contribution in [3.63, 3.8) is 0 Å². The molecule has 0 heterocycles. The molecule has 0 aromatic heterocycles. The molecule has 0 saturated heterocycles. The lowest BCUT2D eigenvalue weighted by Gasteiger charge is -2.20. The lowest BCUT2D eigenvalue weighted by molar-refractivity contribution is -0.138. The molecule has 0 aliphatic rings. The van der Waals surface area contributed by atoms with Crippen LogP contribution in [0.1, 0.15) is 23.1 Å².